The first-order valence-corrected chi connectivity index (χ1v) is 7.98. The Balaban J connectivity index is 1.80. The molecule has 4 heteroatoms. The Morgan fingerprint density at radius 3 is 3.10 bits per heavy atom. The number of nitrogens with zero attached hydrogens (tertiary/aromatic N) is 1. The van der Waals surface area contributed by atoms with E-state index in [1.165, 1.54) is 24.0 Å². The average molecular weight is 288 g/mol. The topological polar surface area (TPSA) is 34.1 Å². The Labute approximate surface area is 124 Å². The van der Waals surface area contributed by atoms with Gasteiger partial charge in [-0.1, -0.05) is 12.1 Å². The first kappa shape index (κ1) is 13.6. The van der Waals surface area contributed by atoms with Gasteiger partial charge in [-0.15, -0.1) is 11.3 Å². The number of nitrogens with one attached hydrogen (secondary N) is 1. The first-order valence-electron chi connectivity index (χ1n) is 7.11. The molecule has 20 heavy (non-hydrogen) atoms. The molecule has 1 aromatic carbocycles. The highest BCUT2D eigenvalue weighted by molar-refractivity contribution is 7.09. The summed E-state index contributed by atoms with van der Waals surface area (Å²) < 4.78 is 6.01. The van der Waals surface area contributed by atoms with Crippen LogP contribution in [-0.4, -0.2) is 12.0 Å². The van der Waals surface area contributed by atoms with Gasteiger partial charge in [0, 0.05) is 11.4 Å². The molecule has 0 bridgehead atoms. The number of rotatable bonds is 4. The van der Waals surface area contributed by atoms with E-state index >= 15 is 0 Å². The van der Waals surface area contributed by atoms with Crippen LogP contribution in [0.3, 0.4) is 0 Å². The maximum atomic E-state index is 6.01. The zero-order chi connectivity index (χ0) is 13.9. The lowest BCUT2D eigenvalue weighted by Gasteiger charge is -2.26. The predicted octanol–water partition coefficient (Wildman–Crippen LogP) is 3.63. The van der Waals surface area contributed by atoms with Crippen LogP contribution in [0, 0.1) is 6.92 Å². The average Bonchev–Trinajstić information content (AvgIpc) is 2.90. The minimum Gasteiger partial charge on any atom is -0.487 e. The van der Waals surface area contributed by atoms with Crippen LogP contribution in [0.2, 0.25) is 0 Å². The summed E-state index contributed by atoms with van der Waals surface area (Å²) >= 11 is 1.67. The Bertz CT molecular complexity index is 594. The molecule has 0 aliphatic heterocycles. The van der Waals surface area contributed by atoms with E-state index in [2.05, 4.69) is 33.9 Å². The number of benzene rings is 1. The van der Waals surface area contributed by atoms with Crippen LogP contribution in [0.4, 0.5) is 0 Å². The Kier molecular flexibility index (Phi) is 4.03. The fraction of sp³-hybridized carbons (Fsp3) is 0.438. The molecule has 3 nitrogen and oxygen atoms in total. The third-order valence-corrected chi connectivity index (χ3v) is 4.68. The lowest BCUT2D eigenvalue weighted by Crippen LogP contribution is -2.22. The molecule has 1 heterocycles. The van der Waals surface area contributed by atoms with Crippen LogP contribution in [-0.2, 0) is 13.0 Å². The monoisotopic (exact) mass is 288 g/mol. The molecule has 1 N–H and O–H groups in total. The Hall–Kier alpha value is -1.39. The van der Waals surface area contributed by atoms with E-state index in [0.29, 0.717) is 12.6 Å². The van der Waals surface area contributed by atoms with Crippen LogP contribution in [0.1, 0.15) is 40.7 Å². The number of fused-ring (bicyclic) bond motifs is 1. The van der Waals surface area contributed by atoms with Crippen LogP contribution < -0.4 is 10.1 Å². The van der Waals surface area contributed by atoms with Crippen molar-refractivity contribution >= 4 is 11.3 Å². The van der Waals surface area contributed by atoms with Gasteiger partial charge in [0.15, 0.2) is 0 Å². The van der Waals surface area contributed by atoms with Gasteiger partial charge in [0.05, 0.1) is 10.7 Å². The van der Waals surface area contributed by atoms with Crippen molar-refractivity contribution < 1.29 is 4.74 Å². The molecule has 1 unspecified atom stereocenters. The van der Waals surface area contributed by atoms with Gasteiger partial charge in [-0.05, 0) is 50.4 Å². The smallest absolute Gasteiger partial charge is 0.131 e. The molecule has 1 aromatic heterocycles. The van der Waals surface area contributed by atoms with Gasteiger partial charge < -0.3 is 10.1 Å². The molecule has 0 amide bonds. The van der Waals surface area contributed by atoms with E-state index in [0.717, 1.165) is 22.9 Å². The minimum absolute atomic E-state index is 0.462. The predicted molar refractivity (Wildman–Crippen MR) is 82.4 cm³/mol. The molecule has 1 atom stereocenters. The fourth-order valence-corrected chi connectivity index (χ4v) is 3.47. The third-order valence-electron chi connectivity index (χ3n) is 3.85. The summed E-state index contributed by atoms with van der Waals surface area (Å²) in [5.41, 5.74) is 3.78. The third kappa shape index (κ3) is 2.72. The van der Waals surface area contributed by atoms with Gasteiger partial charge in [0.1, 0.15) is 12.4 Å². The largest absolute Gasteiger partial charge is 0.487 e. The number of hydrogen-bond acceptors (Lipinski definition) is 4. The number of ether oxygens (including phenoxy) is 1. The second kappa shape index (κ2) is 5.94. The molecule has 0 spiro atoms. The van der Waals surface area contributed by atoms with Gasteiger partial charge >= 0.3 is 0 Å². The molecule has 1 aliphatic carbocycles. The van der Waals surface area contributed by atoms with E-state index in [1.807, 2.05) is 14.0 Å². The molecule has 0 saturated carbocycles. The lowest BCUT2D eigenvalue weighted by atomic mass is 9.87. The maximum Gasteiger partial charge on any atom is 0.131 e. The lowest BCUT2D eigenvalue weighted by molar-refractivity contribution is 0.296. The zero-order valence-electron chi connectivity index (χ0n) is 12.0. The number of thiazole rings is 1. The van der Waals surface area contributed by atoms with Crippen LogP contribution >= 0.6 is 11.3 Å². The summed E-state index contributed by atoms with van der Waals surface area (Å²) in [7, 11) is 2.03. The first-order chi connectivity index (χ1) is 9.78. The van der Waals surface area contributed by atoms with Crippen molar-refractivity contribution in [3.8, 4) is 5.75 Å². The summed E-state index contributed by atoms with van der Waals surface area (Å²) in [4.78, 5) is 4.45. The SMILES string of the molecule is CNC1CCCc2c(OCc3csc(C)n3)cccc21. The zero-order valence-corrected chi connectivity index (χ0v) is 12.8. The van der Waals surface area contributed by atoms with Crippen LogP contribution in [0.5, 0.6) is 5.75 Å². The summed E-state index contributed by atoms with van der Waals surface area (Å²) in [6.45, 7) is 2.58. The van der Waals surface area contributed by atoms with Crippen molar-refractivity contribution in [2.75, 3.05) is 7.05 Å². The molecule has 2 aromatic rings. The van der Waals surface area contributed by atoms with Gasteiger partial charge in [-0.2, -0.15) is 0 Å². The molecular weight excluding hydrogens is 268 g/mol. The number of aryl methyl sites for hydroxylation is 1. The summed E-state index contributed by atoms with van der Waals surface area (Å²) in [6, 6.07) is 6.85. The number of hydrogen-bond donors (Lipinski definition) is 1. The Morgan fingerprint density at radius 1 is 1.45 bits per heavy atom. The second-order valence-corrected chi connectivity index (χ2v) is 6.27. The number of aromatic nitrogens is 1. The van der Waals surface area contributed by atoms with E-state index in [9.17, 15) is 0 Å². The molecule has 106 valence electrons. The summed E-state index contributed by atoms with van der Waals surface area (Å²) in [5, 5.41) is 6.56. The van der Waals surface area contributed by atoms with Crippen molar-refractivity contribution in [2.24, 2.45) is 0 Å². The molecule has 3 rings (SSSR count). The highest BCUT2D eigenvalue weighted by Gasteiger charge is 2.21. The molecular formula is C16H20N2OS. The quantitative estimate of drug-likeness (QED) is 0.933. The molecule has 0 fully saturated rings. The minimum atomic E-state index is 0.462. The van der Waals surface area contributed by atoms with Crippen molar-refractivity contribution in [1.29, 1.82) is 0 Å². The van der Waals surface area contributed by atoms with Crippen molar-refractivity contribution in [2.45, 2.75) is 38.8 Å². The van der Waals surface area contributed by atoms with Gasteiger partial charge in [-0.3, -0.25) is 0 Å². The van der Waals surface area contributed by atoms with E-state index in [4.69, 9.17) is 4.74 Å². The normalized spacial score (nSPS) is 17.8. The molecule has 0 radical (unpaired) electrons. The maximum absolute atomic E-state index is 6.01. The molecule has 0 saturated heterocycles. The Morgan fingerprint density at radius 2 is 2.35 bits per heavy atom. The summed E-state index contributed by atoms with van der Waals surface area (Å²) in [5.74, 6) is 1.02. The second-order valence-electron chi connectivity index (χ2n) is 5.20. The fourth-order valence-electron chi connectivity index (χ4n) is 2.88. The van der Waals surface area contributed by atoms with E-state index in [-0.39, 0.29) is 0 Å². The van der Waals surface area contributed by atoms with Crippen molar-refractivity contribution in [3.63, 3.8) is 0 Å². The van der Waals surface area contributed by atoms with Crippen LogP contribution in [0.25, 0.3) is 0 Å². The van der Waals surface area contributed by atoms with Gasteiger partial charge in [-0.25, -0.2) is 4.98 Å². The standard InChI is InChI=1S/C16H20N2OS/c1-11-18-12(10-20-11)9-19-16-8-4-5-13-14(16)6-3-7-15(13)17-2/h4-5,8,10,15,17H,3,6-7,9H2,1-2H3. The van der Waals surface area contributed by atoms with Crippen LogP contribution in [0.15, 0.2) is 23.6 Å². The van der Waals surface area contributed by atoms with E-state index in [1.54, 1.807) is 11.3 Å². The summed E-state index contributed by atoms with van der Waals surface area (Å²) in [6.07, 6.45) is 3.53. The molecule has 1 aliphatic rings. The van der Waals surface area contributed by atoms with Gasteiger partial charge in [0.25, 0.3) is 0 Å². The highest BCUT2D eigenvalue weighted by Crippen LogP contribution is 2.35. The van der Waals surface area contributed by atoms with Crippen molar-refractivity contribution in [1.82, 2.24) is 10.3 Å². The van der Waals surface area contributed by atoms with Gasteiger partial charge in [0.2, 0.25) is 0 Å². The van der Waals surface area contributed by atoms with E-state index < -0.39 is 0 Å². The highest BCUT2D eigenvalue weighted by atomic mass is 32.1. The van der Waals surface area contributed by atoms with Crippen molar-refractivity contribution in [3.05, 3.63) is 45.4 Å².